The number of nitrogens with one attached hydrogen (secondary N) is 3. The largest absolute Gasteiger partial charge is 0.368 e. The van der Waals surface area contributed by atoms with Crippen LogP contribution >= 0.6 is 0 Å². The molecule has 0 atom stereocenters. The molecule has 8 nitrogen and oxygen atoms in total. The number of nitrogens with two attached hydrogens (primary N) is 1. The first kappa shape index (κ1) is 12.9. The predicted molar refractivity (Wildman–Crippen MR) is 49.3 cm³/mol. The fraction of sp³-hybridized carbons (Fsp3) is 0.429. The van der Waals surface area contributed by atoms with Crippen molar-refractivity contribution in [2.75, 3.05) is 19.6 Å². The second-order valence-electron chi connectivity index (χ2n) is 2.52. The SMILES string of the molecule is NC(=O)CNC(=O)CNC(=O)CNC=O. The van der Waals surface area contributed by atoms with Crippen LogP contribution in [0.2, 0.25) is 0 Å². The highest BCUT2D eigenvalue weighted by atomic mass is 16.2. The third kappa shape index (κ3) is 8.22. The van der Waals surface area contributed by atoms with Crippen LogP contribution in [0.3, 0.4) is 0 Å². The van der Waals surface area contributed by atoms with E-state index < -0.39 is 17.7 Å². The highest BCUT2D eigenvalue weighted by Crippen LogP contribution is 1.66. The predicted octanol–water partition coefficient (Wildman–Crippen LogP) is -3.55. The number of amides is 4. The minimum atomic E-state index is -0.669. The van der Waals surface area contributed by atoms with Gasteiger partial charge in [-0.3, -0.25) is 19.2 Å². The van der Waals surface area contributed by atoms with E-state index in [-0.39, 0.29) is 19.6 Å². The van der Waals surface area contributed by atoms with Gasteiger partial charge in [-0.05, 0) is 0 Å². The molecule has 0 spiro atoms. The van der Waals surface area contributed by atoms with E-state index in [9.17, 15) is 19.2 Å². The Bertz CT molecular complexity index is 266. The van der Waals surface area contributed by atoms with Gasteiger partial charge in [0.25, 0.3) is 0 Å². The van der Waals surface area contributed by atoms with Crippen LogP contribution in [0.1, 0.15) is 0 Å². The Morgan fingerprint density at radius 1 is 1.00 bits per heavy atom. The molecule has 0 saturated heterocycles. The maximum Gasteiger partial charge on any atom is 0.239 e. The Hall–Kier alpha value is -2.12. The van der Waals surface area contributed by atoms with Gasteiger partial charge in [0.1, 0.15) is 0 Å². The number of hydrogen-bond donors (Lipinski definition) is 4. The van der Waals surface area contributed by atoms with Gasteiger partial charge in [0.15, 0.2) is 0 Å². The number of carbonyl (C=O) groups is 4. The molecule has 0 heterocycles. The summed E-state index contributed by atoms with van der Waals surface area (Å²) in [5, 5.41) is 6.52. The lowest BCUT2D eigenvalue weighted by Crippen LogP contribution is -2.42. The average Bonchev–Trinajstić information content (AvgIpc) is 2.20. The number of carbonyl (C=O) groups excluding carboxylic acids is 4. The Kier molecular flexibility index (Phi) is 6.27. The zero-order valence-electron chi connectivity index (χ0n) is 7.91. The van der Waals surface area contributed by atoms with Crippen molar-refractivity contribution in [3.05, 3.63) is 0 Å². The highest BCUT2D eigenvalue weighted by molar-refractivity contribution is 5.88. The Morgan fingerprint density at radius 2 is 1.53 bits per heavy atom. The van der Waals surface area contributed by atoms with E-state index in [1.165, 1.54) is 0 Å². The molecule has 0 unspecified atom stereocenters. The third-order valence-corrected chi connectivity index (χ3v) is 1.25. The minimum absolute atomic E-state index is 0.202. The maximum absolute atomic E-state index is 10.9. The standard InChI is InChI=1S/C7H12N4O4/c8-5(13)1-10-7(15)3-11-6(14)2-9-4-12/h4H,1-3H2,(H2,8,13)(H,9,12)(H,10,15)(H,11,14). The molecule has 0 rings (SSSR count). The van der Waals surface area contributed by atoms with Gasteiger partial charge < -0.3 is 21.7 Å². The van der Waals surface area contributed by atoms with Crippen molar-refractivity contribution in [2.24, 2.45) is 5.73 Å². The zero-order chi connectivity index (χ0) is 11.7. The van der Waals surface area contributed by atoms with Gasteiger partial charge in [-0.15, -0.1) is 0 Å². The third-order valence-electron chi connectivity index (χ3n) is 1.25. The lowest BCUT2D eigenvalue weighted by atomic mass is 10.5. The minimum Gasteiger partial charge on any atom is -0.368 e. The van der Waals surface area contributed by atoms with Crippen molar-refractivity contribution in [1.29, 1.82) is 0 Å². The van der Waals surface area contributed by atoms with Crippen molar-refractivity contribution in [1.82, 2.24) is 16.0 Å². The first-order valence-corrected chi connectivity index (χ1v) is 4.05. The summed E-state index contributed by atoms with van der Waals surface area (Å²) in [6, 6.07) is 0. The summed E-state index contributed by atoms with van der Waals surface area (Å²) in [5.41, 5.74) is 4.77. The number of primary amides is 1. The molecule has 4 amide bonds. The molecule has 5 N–H and O–H groups in total. The van der Waals surface area contributed by atoms with Gasteiger partial charge >= 0.3 is 0 Å². The summed E-state index contributed by atoms with van der Waals surface area (Å²) < 4.78 is 0. The summed E-state index contributed by atoms with van der Waals surface area (Å²) in [5.74, 6) is -1.71. The fourth-order valence-corrected chi connectivity index (χ4v) is 0.624. The van der Waals surface area contributed by atoms with Crippen LogP contribution in [-0.4, -0.2) is 43.8 Å². The molecule has 0 aromatic heterocycles. The molecule has 84 valence electrons. The molecule has 15 heavy (non-hydrogen) atoms. The maximum atomic E-state index is 10.9. The van der Waals surface area contributed by atoms with Crippen molar-refractivity contribution in [2.45, 2.75) is 0 Å². The zero-order valence-corrected chi connectivity index (χ0v) is 7.91. The second kappa shape index (κ2) is 7.30. The molecule has 0 aliphatic rings. The molecular formula is C7H12N4O4. The van der Waals surface area contributed by atoms with Crippen LogP contribution in [0.4, 0.5) is 0 Å². The Labute approximate surface area is 85.6 Å². The lowest BCUT2D eigenvalue weighted by molar-refractivity contribution is -0.127. The van der Waals surface area contributed by atoms with Gasteiger partial charge in [-0.25, -0.2) is 0 Å². The van der Waals surface area contributed by atoms with E-state index in [0.29, 0.717) is 6.41 Å². The number of rotatable bonds is 7. The van der Waals surface area contributed by atoms with E-state index in [2.05, 4.69) is 16.0 Å². The van der Waals surface area contributed by atoms with E-state index in [1.54, 1.807) is 0 Å². The molecule has 0 radical (unpaired) electrons. The van der Waals surface area contributed by atoms with Gasteiger partial charge in [0.2, 0.25) is 24.1 Å². The molecule has 0 saturated carbocycles. The lowest BCUT2D eigenvalue weighted by Gasteiger charge is -2.04. The van der Waals surface area contributed by atoms with Gasteiger partial charge in [-0.1, -0.05) is 0 Å². The van der Waals surface area contributed by atoms with Crippen molar-refractivity contribution in [3.8, 4) is 0 Å². The highest BCUT2D eigenvalue weighted by Gasteiger charge is 2.05. The van der Waals surface area contributed by atoms with Crippen LogP contribution < -0.4 is 21.7 Å². The van der Waals surface area contributed by atoms with E-state index in [1.807, 2.05) is 0 Å². The molecule has 0 aromatic rings. The van der Waals surface area contributed by atoms with Crippen LogP contribution in [0, 0.1) is 0 Å². The molecular weight excluding hydrogens is 204 g/mol. The van der Waals surface area contributed by atoms with Gasteiger partial charge in [0.05, 0.1) is 19.6 Å². The number of hydrogen-bond acceptors (Lipinski definition) is 4. The van der Waals surface area contributed by atoms with Crippen molar-refractivity contribution in [3.63, 3.8) is 0 Å². The quantitative estimate of drug-likeness (QED) is 0.328. The molecule has 0 aliphatic heterocycles. The van der Waals surface area contributed by atoms with Crippen LogP contribution in [0.15, 0.2) is 0 Å². The Morgan fingerprint density at radius 3 is 2.07 bits per heavy atom. The van der Waals surface area contributed by atoms with Crippen molar-refractivity contribution < 1.29 is 19.2 Å². The normalized spacial score (nSPS) is 8.80. The fourth-order valence-electron chi connectivity index (χ4n) is 0.624. The first-order valence-electron chi connectivity index (χ1n) is 4.05. The molecule has 0 bridgehead atoms. The van der Waals surface area contributed by atoms with Crippen LogP contribution in [0.5, 0.6) is 0 Å². The van der Waals surface area contributed by atoms with E-state index in [0.717, 1.165) is 0 Å². The van der Waals surface area contributed by atoms with Crippen LogP contribution in [-0.2, 0) is 19.2 Å². The van der Waals surface area contributed by atoms with Crippen molar-refractivity contribution >= 4 is 24.1 Å². The van der Waals surface area contributed by atoms with Gasteiger partial charge in [0, 0.05) is 0 Å². The summed E-state index contributed by atoms with van der Waals surface area (Å²) in [6.07, 6.45) is 0.368. The van der Waals surface area contributed by atoms with Crippen LogP contribution in [0.25, 0.3) is 0 Å². The Balaban J connectivity index is 3.57. The summed E-state index contributed by atoms with van der Waals surface area (Å²) in [7, 11) is 0. The summed E-state index contributed by atoms with van der Waals surface area (Å²) >= 11 is 0. The first-order chi connectivity index (χ1) is 7.06. The molecule has 0 fully saturated rings. The monoisotopic (exact) mass is 216 g/mol. The second-order valence-corrected chi connectivity index (χ2v) is 2.52. The van der Waals surface area contributed by atoms with E-state index in [4.69, 9.17) is 5.73 Å². The summed E-state index contributed by atoms with van der Waals surface area (Å²) in [4.78, 5) is 41.8. The molecule has 8 heteroatoms. The topological polar surface area (TPSA) is 130 Å². The van der Waals surface area contributed by atoms with Gasteiger partial charge in [-0.2, -0.15) is 0 Å². The smallest absolute Gasteiger partial charge is 0.239 e. The molecule has 0 aromatic carbocycles. The average molecular weight is 216 g/mol. The van der Waals surface area contributed by atoms with E-state index >= 15 is 0 Å². The molecule has 0 aliphatic carbocycles. The summed E-state index contributed by atoms with van der Waals surface area (Å²) in [6.45, 7) is -0.749.